The number of hydrogen-bond donors (Lipinski definition) is 1. The molecule has 17 heavy (non-hydrogen) atoms. The van der Waals surface area contributed by atoms with Gasteiger partial charge in [0.2, 0.25) is 0 Å². The molecule has 0 aromatic carbocycles. The first-order chi connectivity index (χ1) is 8.24. The highest BCUT2D eigenvalue weighted by molar-refractivity contribution is 9.10. The maximum atomic E-state index is 4.30. The van der Waals surface area contributed by atoms with E-state index >= 15 is 0 Å². The van der Waals surface area contributed by atoms with Crippen LogP contribution in [0, 0.1) is 6.92 Å². The summed E-state index contributed by atoms with van der Waals surface area (Å²) in [5.41, 5.74) is 1.26. The van der Waals surface area contributed by atoms with Crippen LogP contribution in [0.4, 0.5) is 5.82 Å². The monoisotopic (exact) mass is 292 g/mol. The molecular weight excluding hydrogens is 280 g/mol. The van der Waals surface area contributed by atoms with Gasteiger partial charge < -0.3 is 5.32 Å². The van der Waals surface area contributed by atoms with Gasteiger partial charge in [0.05, 0.1) is 0 Å². The van der Waals surface area contributed by atoms with E-state index in [1.165, 1.54) is 5.56 Å². The molecule has 0 saturated heterocycles. The molecule has 0 spiro atoms. The maximum Gasteiger partial charge on any atom is 0.130 e. The van der Waals surface area contributed by atoms with Gasteiger partial charge in [-0.1, -0.05) is 0 Å². The molecule has 0 fully saturated rings. The van der Waals surface area contributed by atoms with Crippen molar-refractivity contribution in [1.82, 2.24) is 15.0 Å². The van der Waals surface area contributed by atoms with Crippen LogP contribution in [-0.4, -0.2) is 21.5 Å². The standard InChI is InChI=1S/C12H13BrN4/c1-9-16-11(13)8-12(17-9)15-7-4-10-2-5-14-6-3-10/h2-3,5-6,8H,4,7H2,1H3,(H,15,16,17). The lowest BCUT2D eigenvalue weighted by atomic mass is 10.2. The van der Waals surface area contributed by atoms with Crippen LogP contribution in [0.1, 0.15) is 11.4 Å². The molecule has 2 heterocycles. The summed E-state index contributed by atoms with van der Waals surface area (Å²) < 4.78 is 0.802. The average Bonchev–Trinajstić information content (AvgIpc) is 2.29. The number of anilines is 1. The van der Waals surface area contributed by atoms with Crippen molar-refractivity contribution in [2.75, 3.05) is 11.9 Å². The van der Waals surface area contributed by atoms with Gasteiger partial charge in [-0.15, -0.1) is 0 Å². The van der Waals surface area contributed by atoms with Crippen LogP contribution in [0.25, 0.3) is 0 Å². The summed E-state index contributed by atoms with van der Waals surface area (Å²) in [6.45, 7) is 2.71. The molecule has 0 atom stereocenters. The highest BCUT2D eigenvalue weighted by Gasteiger charge is 1.99. The van der Waals surface area contributed by atoms with Crippen molar-refractivity contribution in [3.05, 3.63) is 46.6 Å². The van der Waals surface area contributed by atoms with Crippen molar-refractivity contribution >= 4 is 21.7 Å². The molecule has 2 aromatic rings. The molecular formula is C12H13BrN4. The van der Waals surface area contributed by atoms with Crippen LogP contribution < -0.4 is 5.32 Å². The van der Waals surface area contributed by atoms with Crippen molar-refractivity contribution in [1.29, 1.82) is 0 Å². The minimum Gasteiger partial charge on any atom is -0.370 e. The number of nitrogens with zero attached hydrogens (tertiary/aromatic N) is 3. The Balaban J connectivity index is 1.90. The topological polar surface area (TPSA) is 50.7 Å². The van der Waals surface area contributed by atoms with E-state index in [0.717, 1.165) is 29.2 Å². The molecule has 0 bridgehead atoms. The summed E-state index contributed by atoms with van der Waals surface area (Å²) in [5, 5.41) is 3.27. The largest absolute Gasteiger partial charge is 0.370 e. The fourth-order valence-electron chi connectivity index (χ4n) is 1.51. The van der Waals surface area contributed by atoms with Crippen molar-refractivity contribution < 1.29 is 0 Å². The third-order valence-corrected chi connectivity index (χ3v) is 2.68. The number of halogens is 1. The van der Waals surface area contributed by atoms with Gasteiger partial charge in [0.15, 0.2) is 0 Å². The normalized spacial score (nSPS) is 10.2. The van der Waals surface area contributed by atoms with Crippen LogP contribution in [0.15, 0.2) is 35.2 Å². The molecule has 4 nitrogen and oxygen atoms in total. The van der Waals surface area contributed by atoms with Gasteiger partial charge in [0, 0.05) is 25.0 Å². The lowest BCUT2D eigenvalue weighted by molar-refractivity contribution is 0.971. The predicted molar refractivity (Wildman–Crippen MR) is 70.9 cm³/mol. The zero-order valence-corrected chi connectivity index (χ0v) is 11.1. The summed E-state index contributed by atoms with van der Waals surface area (Å²) in [7, 11) is 0. The van der Waals surface area contributed by atoms with Crippen molar-refractivity contribution in [2.24, 2.45) is 0 Å². The van der Waals surface area contributed by atoms with E-state index in [1.54, 1.807) is 12.4 Å². The van der Waals surface area contributed by atoms with Crippen molar-refractivity contribution in [3.8, 4) is 0 Å². The number of aryl methyl sites for hydroxylation is 1. The zero-order valence-electron chi connectivity index (χ0n) is 9.52. The second kappa shape index (κ2) is 5.72. The third-order valence-electron chi connectivity index (χ3n) is 2.28. The Kier molecular flexibility index (Phi) is 4.03. The maximum absolute atomic E-state index is 4.30. The minimum atomic E-state index is 0.755. The lowest BCUT2D eigenvalue weighted by Crippen LogP contribution is -2.07. The van der Waals surface area contributed by atoms with Crippen molar-refractivity contribution in [3.63, 3.8) is 0 Å². The minimum absolute atomic E-state index is 0.755. The van der Waals surface area contributed by atoms with Gasteiger partial charge in [-0.3, -0.25) is 4.98 Å². The fraction of sp³-hybridized carbons (Fsp3) is 0.250. The van der Waals surface area contributed by atoms with Gasteiger partial charge in [-0.05, 0) is 47.0 Å². The third kappa shape index (κ3) is 3.78. The van der Waals surface area contributed by atoms with E-state index in [4.69, 9.17) is 0 Å². The molecule has 0 unspecified atom stereocenters. The summed E-state index contributed by atoms with van der Waals surface area (Å²) in [4.78, 5) is 12.4. The fourth-order valence-corrected chi connectivity index (χ4v) is 1.98. The first-order valence-electron chi connectivity index (χ1n) is 5.38. The van der Waals surface area contributed by atoms with Gasteiger partial charge in [-0.2, -0.15) is 0 Å². The van der Waals surface area contributed by atoms with E-state index < -0.39 is 0 Å². The van der Waals surface area contributed by atoms with Gasteiger partial charge in [0.25, 0.3) is 0 Å². The second-order valence-corrected chi connectivity index (χ2v) is 4.47. The summed E-state index contributed by atoms with van der Waals surface area (Å²) in [6, 6.07) is 5.91. The Morgan fingerprint density at radius 1 is 1.24 bits per heavy atom. The number of aromatic nitrogens is 3. The first kappa shape index (κ1) is 12.0. The summed E-state index contributed by atoms with van der Waals surface area (Å²) in [6.07, 6.45) is 4.56. The SMILES string of the molecule is Cc1nc(Br)cc(NCCc2ccncc2)n1. The molecule has 2 aromatic heterocycles. The zero-order chi connectivity index (χ0) is 12.1. The van der Waals surface area contributed by atoms with Crippen LogP contribution >= 0.6 is 15.9 Å². The van der Waals surface area contributed by atoms with Crippen LogP contribution in [0.5, 0.6) is 0 Å². The average molecular weight is 293 g/mol. The van der Waals surface area contributed by atoms with Gasteiger partial charge in [0.1, 0.15) is 16.2 Å². The second-order valence-electron chi connectivity index (χ2n) is 3.66. The Bertz CT molecular complexity index is 467. The highest BCUT2D eigenvalue weighted by Crippen LogP contribution is 2.11. The molecule has 88 valence electrons. The highest BCUT2D eigenvalue weighted by atomic mass is 79.9. The molecule has 2 rings (SSSR count). The molecule has 0 saturated carbocycles. The molecule has 0 amide bonds. The smallest absolute Gasteiger partial charge is 0.130 e. The first-order valence-corrected chi connectivity index (χ1v) is 6.17. The number of hydrogen-bond acceptors (Lipinski definition) is 4. The van der Waals surface area contributed by atoms with Crippen LogP contribution in [0.2, 0.25) is 0 Å². The van der Waals surface area contributed by atoms with E-state index in [0.29, 0.717) is 0 Å². The Hall–Kier alpha value is -1.49. The van der Waals surface area contributed by atoms with Crippen molar-refractivity contribution in [2.45, 2.75) is 13.3 Å². The van der Waals surface area contributed by atoms with E-state index in [-0.39, 0.29) is 0 Å². The Morgan fingerprint density at radius 3 is 2.71 bits per heavy atom. The molecule has 0 aliphatic heterocycles. The molecule has 0 aliphatic carbocycles. The van der Waals surface area contributed by atoms with E-state index in [9.17, 15) is 0 Å². The van der Waals surface area contributed by atoms with Crippen LogP contribution in [0.3, 0.4) is 0 Å². The van der Waals surface area contributed by atoms with E-state index in [1.807, 2.05) is 25.1 Å². The number of rotatable bonds is 4. The van der Waals surface area contributed by atoms with Gasteiger partial charge in [-0.25, -0.2) is 9.97 Å². The Morgan fingerprint density at radius 2 is 2.00 bits per heavy atom. The lowest BCUT2D eigenvalue weighted by Gasteiger charge is -2.06. The summed E-state index contributed by atoms with van der Waals surface area (Å²) in [5.74, 6) is 1.60. The summed E-state index contributed by atoms with van der Waals surface area (Å²) >= 11 is 3.35. The Labute approximate surface area is 109 Å². The number of nitrogens with one attached hydrogen (secondary N) is 1. The molecule has 5 heteroatoms. The molecule has 0 radical (unpaired) electrons. The molecule has 0 aliphatic rings. The predicted octanol–water partition coefficient (Wildman–Crippen LogP) is 2.60. The van der Waals surface area contributed by atoms with Gasteiger partial charge >= 0.3 is 0 Å². The number of pyridine rings is 1. The quantitative estimate of drug-likeness (QED) is 0.880. The van der Waals surface area contributed by atoms with E-state index in [2.05, 4.69) is 36.2 Å². The molecule has 1 N–H and O–H groups in total. The van der Waals surface area contributed by atoms with Crippen LogP contribution in [-0.2, 0) is 6.42 Å².